The van der Waals surface area contributed by atoms with Crippen LogP contribution in [0.3, 0.4) is 0 Å². The molecule has 0 atom stereocenters. The van der Waals surface area contributed by atoms with Crippen LogP contribution in [-0.4, -0.2) is 33.4 Å². The molecular formula is C39H33NO4S4. The molecule has 0 N–H and O–H groups in total. The van der Waals surface area contributed by atoms with Crippen molar-refractivity contribution >= 4 is 64.0 Å². The highest BCUT2D eigenvalue weighted by atomic mass is 32.2. The van der Waals surface area contributed by atoms with Crippen LogP contribution in [-0.2, 0) is 0 Å². The monoisotopic (exact) mass is 707 g/mol. The van der Waals surface area contributed by atoms with Gasteiger partial charge < -0.3 is 18.9 Å². The van der Waals surface area contributed by atoms with Crippen LogP contribution in [0.5, 0.6) is 23.0 Å². The molecule has 0 aliphatic rings. The van der Waals surface area contributed by atoms with Crippen molar-refractivity contribution in [1.82, 2.24) is 4.98 Å². The Morgan fingerprint density at radius 3 is 1.38 bits per heavy atom. The van der Waals surface area contributed by atoms with Crippen molar-refractivity contribution < 1.29 is 18.9 Å². The smallest absolute Gasteiger partial charge is 0.119 e. The molecule has 1 heterocycles. The number of hydrogen-bond acceptors (Lipinski definition) is 9. The van der Waals surface area contributed by atoms with Crippen LogP contribution in [0.4, 0.5) is 0 Å². The molecule has 0 unspecified atom stereocenters. The Hall–Kier alpha value is -4.15. The van der Waals surface area contributed by atoms with Gasteiger partial charge in [0.25, 0.3) is 0 Å². The van der Waals surface area contributed by atoms with Gasteiger partial charge in [-0.1, -0.05) is 84.0 Å². The summed E-state index contributed by atoms with van der Waals surface area (Å²) in [5, 5.41) is 1.03. The van der Waals surface area contributed by atoms with Crippen LogP contribution in [0.25, 0.3) is 17.0 Å². The van der Waals surface area contributed by atoms with E-state index in [2.05, 4.69) is 61.2 Å². The van der Waals surface area contributed by atoms with Gasteiger partial charge in [-0.2, -0.15) is 0 Å². The molecule has 0 saturated carbocycles. The van der Waals surface area contributed by atoms with E-state index >= 15 is 0 Å². The summed E-state index contributed by atoms with van der Waals surface area (Å²) in [4.78, 5) is 13.6. The van der Waals surface area contributed by atoms with Crippen LogP contribution in [0.15, 0.2) is 155 Å². The molecule has 48 heavy (non-hydrogen) atoms. The highest BCUT2D eigenvalue weighted by Gasteiger charge is 2.22. The lowest BCUT2D eigenvalue weighted by molar-refractivity contribution is 0.413. The summed E-state index contributed by atoms with van der Waals surface area (Å²) in [5.74, 6) is 3.21. The predicted octanol–water partition coefficient (Wildman–Crippen LogP) is 11.5. The maximum absolute atomic E-state index is 5.60. The van der Waals surface area contributed by atoms with E-state index < -0.39 is 0 Å². The molecule has 5 aromatic carbocycles. The Morgan fingerprint density at radius 1 is 0.521 bits per heavy atom. The van der Waals surface area contributed by atoms with Crippen molar-refractivity contribution in [2.24, 2.45) is 0 Å². The average molecular weight is 708 g/mol. The predicted molar refractivity (Wildman–Crippen MR) is 200 cm³/mol. The van der Waals surface area contributed by atoms with Gasteiger partial charge in [-0.3, -0.25) is 4.98 Å². The fraction of sp³-hybridized carbons (Fsp3) is 0.103. The zero-order valence-corrected chi connectivity index (χ0v) is 30.2. The zero-order chi connectivity index (χ0) is 33.5. The van der Waals surface area contributed by atoms with E-state index in [1.54, 1.807) is 75.5 Å². The topological polar surface area (TPSA) is 49.8 Å². The van der Waals surface area contributed by atoms with Gasteiger partial charge in [-0.15, -0.1) is 0 Å². The molecular weight excluding hydrogens is 675 g/mol. The van der Waals surface area contributed by atoms with Gasteiger partial charge in [0.15, 0.2) is 0 Å². The lowest BCUT2D eigenvalue weighted by Crippen LogP contribution is -1.95. The molecule has 0 aliphatic heterocycles. The summed E-state index contributed by atoms with van der Waals surface area (Å²) >= 11 is 6.77. The summed E-state index contributed by atoms with van der Waals surface area (Å²) in [6.45, 7) is 4.15. The van der Waals surface area contributed by atoms with E-state index in [1.807, 2.05) is 60.8 Å². The van der Waals surface area contributed by atoms with Gasteiger partial charge in [0, 0.05) is 51.4 Å². The third kappa shape index (κ3) is 7.76. The first-order valence-corrected chi connectivity index (χ1v) is 18.2. The lowest BCUT2D eigenvalue weighted by atomic mass is 10.1. The molecule has 6 aromatic rings. The second kappa shape index (κ2) is 15.8. The van der Waals surface area contributed by atoms with Crippen LogP contribution in [0.1, 0.15) is 5.56 Å². The van der Waals surface area contributed by atoms with Crippen LogP contribution in [0, 0.1) is 0 Å². The minimum Gasteiger partial charge on any atom is -0.497 e. The number of nitrogens with zero attached hydrogens (tertiary/aromatic N) is 1. The molecule has 1 aromatic heterocycles. The Bertz CT molecular complexity index is 2080. The Morgan fingerprint density at radius 2 is 0.938 bits per heavy atom. The largest absolute Gasteiger partial charge is 0.497 e. The molecule has 0 spiro atoms. The summed E-state index contributed by atoms with van der Waals surface area (Å²) in [6.07, 6.45) is 3.79. The van der Waals surface area contributed by atoms with Gasteiger partial charge >= 0.3 is 0 Å². The summed E-state index contributed by atoms with van der Waals surface area (Å²) in [6, 6.07) is 34.8. The molecule has 0 radical (unpaired) electrons. The van der Waals surface area contributed by atoms with E-state index in [0.717, 1.165) is 78.6 Å². The SMILES string of the molecule is C=Cc1cnc2c(Sc3cccc(OC)c3)c(Sc3cccc(OC)c3)c(Sc3cccc(OC)c3)cc2c1Sc1cccc(OC)c1. The number of benzene rings is 5. The molecule has 5 nitrogen and oxygen atoms in total. The van der Waals surface area contributed by atoms with Crippen LogP contribution < -0.4 is 18.9 Å². The number of methoxy groups -OCH3 is 4. The van der Waals surface area contributed by atoms with Crippen molar-refractivity contribution in [2.45, 2.75) is 39.2 Å². The first-order valence-electron chi connectivity index (χ1n) is 14.9. The molecule has 0 saturated heterocycles. The number of hydrogen-bond donors (Lipinski definition) is 0. The number of aromatic nitrogens is 1. The Kier molecular flexibility index (Phi) is 11.1. The minimum absolute atomic E-state index is 0.796. The maximum Gasteiger partial charge on any atom is 0.119 e. The molecule has 9 heteroatoms. The van der Waals surface area contributed by atoms with Gasteiger partial charge in [-0.05, 0) is 78.9 Å². The quantitative estimate of drug-likeness (QED) is 0.117. The van der Waals surface area contributed by atoms with E-state index in [-0.39, 0.29) is 0 Å². The zero-order valence-electron chi connectivity index (χ0n) is 26.9. The molecule has 0 fully saturated rings. The van der Waals surface area contributed by atoms with Crippen molar-refractivity contribution in [3.05, 3.63) is 121 Å². The second-order valence-corrected chi connectivity index (χ2v) is 14.7. The van der Waals surface area contributed by atoms with Crippen molar-refractivity contribution in [1.29, 1.82) is 0 Å². The van der Waals surface area contributed by atoms with Crippen molar-refractivity contribution in [3.63, 3.8) is 0 Å². The number of ether oxygens (including phenoxy) is 4. The van der Waals surface area contributed by atoms with Gasteiger partial charge in [-0.25, -0.2) is 0 Å². The first-order chi connectivity index (χ1) is 23.5. The summed E-state index contributed by atoms with van der Waals surface area (Å²) < 4.78 is 22.3. The van der Waals surface area contributed by atoms with E-state index in [4.69, 9.17) is 23.9 Å². The number of rotatable bonds is 13. The highest BCUT2D eigenvalue weighted by molar-refractivity contribution is 8.04. The van der Waals surface area contributed by atoms with Gasteiger partial charge in [0.1, 0.15) is 23.0 Å². The molecule has 0 bridgehead atoms. The molecule has 0 aliphatic carbocycles. The first kappa shape index (κ1) is 33.7. The molecule has 0 amide bonds. The van der Waals surface area contributed by atoms with Gasteiger partial charge in [0.05, 0.1) is 38.9 Å². The standard InChI is InChI=1S/C39H33NO4S4/c1-6-25-24-40-36-34(37(25)46-31-16-8-12-27(20-31)42-3)23-35(45-30-15-7-11-26(19-30)41-2)38(47-32-17-9-13-28(21-32)43-4)39(36)48-33-18-10-14-29(22-33)44-5/h6-24H,1H2,2-5H3. The van der Waals surface area contributed by atoms with Crippen LogP contribution >= 0.6 is 47.0 Å². The summed E-state index contributed by atoms with van der Waals surface area (Å²) in [5.41, 5.74) is 1.86. The minimum atomic E-state index is 0.796. The fourth-order valence-electron chi connectivity index (χ4n) is 4.92. The number of fused-ring (bicyclic) bond motifs is 1. The maximum atomic E-state index is 5.60. The third-order valence-corrected chi connectivity index (χ3v) is 11.9. The van der Waals surface area contributed by atoms with Crippen molar-refractivity contribution in [3.8, 4) is 23.0 Å². The van der Waals surface area contributed by atoms with E-state index in [1.165, 1.54) is 0 Å². The molecule has 6 rings (SSSR count). The van der Waals surface area contributed by atoms with E-state index in [0.29, 0.717) is 0 Å². The van der Waals surface area contributed by atoms with Gasteiger partial charge in [0.2, 0.25) is 0 Å². The third-order valence-electron chi connectivity index (χ3n) is 7.29. The molecule has 242 valence electrons. The second-order valence-electron chi connectivity index (χ2n) is 10.3. The normalized spacial score (nSPS) is 10.9. The summed E-state index contributed by atoms with van der Waals surface area (Å²) in [7, 11) is 6.76. The van der Waals surface area contributed by atoms with E-state index in [9.17, 15) is 0 Å². The fourth-order valence-corrected chi connectivity index (χ4v) is 9.44. The Balaban J connectivity index is 1.63. The van der Waals surface area contributed by atoms with Crippen molar-refractivity contribution in [2.75, 3.05) is 28.4 Å². The van der Waals surface area contributed by atoms with Crippen LogP contribution in [0.2, 0.25) is 0 Å². The Labute approximate surface area is 298 Å². The number of pyridine rings is 1. The lowest BCUT2D eigenvalue weighted by Gasteiger charge is -2.20. The highest BCUT2D eigenvalue weighted by Crippen LogP contribution is 2.51. The average Bonchev–Trinajstić information content (AvgIpc) is 3.13.